The second-order valence-electron chi connectivity index (χ2n) is 4.63. The number of hydrogen-bond acceptors (Lipinski definition) is 3. The predicted molar refractivity (Wildman–Crippen MR) is 86.4 cm³/mol. The zero-order valence-electron chi connectivity index (χ0n) is 12.2. The predicted octanol–water partition coefficient (Wildman–Crippen LogP) is 4.19. The van der Waals surface area contributed by atoms with E-state index in [-0.39, 0.29) is 6.29 Å². The van der Waals surface area contributed by atoms with Gasteiger partial charge < -0.3 is 14.2 Å². The molecule has 0 radical (unpaired) electrons. The van der Waals surface area contributed by atoms with Gasteiger partial charge in [0.2, 0.25) is 0 Å². The first-order valence-electron chi connectivity index (χ1n) is 6.73. The molecule has 3 nitrogen and oxygen atoms in total. The van der Waals surface area contributed by atoms with Gasteiger partial charge in [0.05, 0.1) is 0 Å². The average Bonchev–Trinajstić information content (AvgIpc) is 2.53. The quantitative estimate of drug-likeness (QED) is 0.700. The van der Waals surface area contributed by atoms with E-state index in [0.29, 0.717) is 13.0 Å². The van der Waals surface area contributed by atoms with Crippen LogP contribution in [0.4, 0.5) is 0 Å². The summed E-state index contributed by atoms with van der Waals surface area (Å²) in [6, 6.07) is 16.1. The van der Waals surface area contributed by atoms with Crippen LogP contribution in [0.1, 0.15) is 11.1 Å². The molecular formula is C17H19BrO3. The van der Waals surface area contributed by atoms with Crippen molar-refractivity contribution in [2.75, 3.05) is 14.2 Å². The summed E-state index contributed by atoms with van der Waals surface area (Å²) in [6.07, 6.45) is 0.404. The maximum Gasteiger partial charge on any atom is 0.160 e. The Hall–Kier alpha value is -1.36. The summed E-state index contributed by atoms with van der Waals surface area (Å²) in [5.41, 5.74) is 2.24. The highest BCUT2D eigenvalue weighted by molar-refractivity contribution is 9.10. The first-order chi connectivity index (χ1) is 10.2. The van der Waals surface area contributed by atoms with E-state index >= 15 is 0 Å². The molecule has 2 rings (SSSR count). The van der Waals surface area contributed by atoms with Gasteiger partial charge >= 0.3 is 0 Å². The van der Waals surface area contributed by atoms with Crippen LogP contribution in [-0.2, 0) is 22.5 Å². The molecule has 2 aromatic rings. The molecule has 0 N–H and O–H groups in total. The minimum absolute atomic E-state index is 0.259. The molecule has 0 unspecified atom stereocenters. The second-order valence-corrected chi connectivity index (χ2v) is 5.49. The number of rotatable bonds is 7. The van der Waals surface area contributed by atoms with Crippen molar-refractivity contribution in [3.63, 3.8) is 0 Å². The molecule has 0 saturated heterocycles. The molecular weight excluding hydrogens is 332 g/mol. The third kappa shape index (κ3) is 4.84. The third-order valence-electron chi connectivity index (χ3n) is 3.18. The van der Waals surface area contributed by atoms with E-state index in [2.05, 4.69) is 15.9 Å². The van der Waals surface area contributed by atoms with Gasteiger partial charge in [0, 0.05) is 25.1 Å². The van der Waals surface area contributed by atoms with Crippen molar-refractivity contribution in [2.45, 2.75) is 19.3 Å². The molecule has 0 aliphatic heterocycles. The van der Waals surface area contributed by atoms with Gasteiger partial charge in [-0.1, -0.05) is 46.3 Å². The maximum absolute atomic E-state index is 5.83. The standard InChI is InChI=1S/C17H19BrO3/c1-19-17(20-2)11-14-10-15(8-9-16(14)18)21-12-13-6-4-3-5-7-13/h3-10,17H,11-12H2,1-2H3. The van der Waals surface area contributed by atoms with Crippen LogP contribution in [-0.4, -0.2) is 20.5 Å². The van der Waals surface area contributed by atoms with Gasteiger partial charge in [-0.15, -0.1) is 0 Å². The van der Waals surface area contributed by atoms with Crippen molar-refractivity contribution in [2.24, 2.45) is 0 Å². The molecule has 0 heterocycles. The molecule has 0 bridgehead atoms. The van der Waals surface area contributed by atoms with Crippen LogP contribution < -0.4 is 4.74 Å². The number of hydrogen-bond donors (Lipinski definition) is 0. The fourth-order valence-electron chi connectivity index (χ4n) is 1.98. The third-order valence-corrected chi connectivity index (χ3v) is 3.95. The van der Waals surface area contributed by atoms with Crippen LogP contribution in [0.2, 0.25) is 0 Å². The summed E-state index contributed by atoms with van der Waals surface area (Å²) in [6.45, 7) is 0.555. The second kappa shape index (κ2) is 8.17. The number of methoxy groups -OCH3 is 2. The Morgan fingerprint density at radius 1 is 1.00 bits per heavy atom. The highest BCUT2D eigenvalue weighted by atomic mass is 79.9. The Morgan fingerprint density at radius 3 is 2.38 bits per heavy atom. The van der Waals surface area contributed by atoms with Crippen molar-refractivity contribution in [3.8, 4) is 5.75 Å². The molecule has 4 heteroatoms. The fourth-order valence-corrected chi connectivity index (χ4v) is 2.39. The molecule has 2 aromatic carbocycles. The number of halogens is 1. The topological polar surface area (TPSA) is 27.7 Å². The molecule has 0 atom stereocenters. The first-order valence-corrected chi connectivity index (χ1v) is 7.53. The molecule has 112 valence electrons. The van der Waals surface area contributed by atoms with E-state index in [1.165, 1.54) is 0 Å². The first kappa shape index (κ1) is 16.0. The highest BCUT2D eigenvalue weighted by Crippen LogP contribution is 2.25. The van der Waals surface area contributed by atoms with E-state index in [9.17, 15) is 0 Å². The van der Waals surface area contributed by atoms with E-state index in [1.807, 2.05) is 48.5 Å². The van der Waals surface area contributed by atoms with Crippen molar-refractivity contribution in [3.05, 3.63) is 64.1 Å². The van der Waals surface area contributed by atoms with Crippen LogP contribution >= 0.6 is 15.9 Å². The van der Waals surface area contributed by atoms with E-state index in [1.54, 1.807) is 14.2 Å². The van der Waals surface area contributed by atoms with Crippen LogP contribution in [0, 0.1) is 0 Å². The van der Waals surface area contributed by atoms with Crippen LogP contribution in [0.15, 0.2) is 53.0 Å². The summed E-state index contributed by atoms with van der Waals surface area (Å²) < 4.78 is 17.3. The van der Waals surface area contributed by atoms with Crippen molar-refractivity contribution < 1.29 is 14.2 Å². The Bertz CT molecular complexity index is 553. The molecule has 0 fully saturated rings. The highest BCUT2D eigenvalue weighted by Gasteiger charge is 2.10. The van der Waals surface area contributed by atoms with E-state index in [0.717, 1.165) is 21.3 Å². The smallest absolute Gasteiger partial charge is 0.160 e. The zero-order chi connectivity index (χ0) is 15.1. The monoisotopic (exact) mass is 350 g/mol. The molecule has 0 aliphatic rings. The molecule has 0 aromatic heterocycles. The van der Waals surface area contributed by atoms with Crippen LogP contribution in [0.25, 0.3) is 0 Å². The lowest BCUT2D eigenvalue weighted by Gasteiger charge is -2.15. The van der Waals surface area contributed by atoms with E-state index in [4.69, 9.17) is 14.2 Å². The molecule has 0 amide bonds. The summed E-state index contributed by atoms with van der Waals surface area (Å²) in [4.78, 5) is 0. The minimum Gasteiger partial charge on any atom is -0.489 e. The molecule has 0 aliphatic carbocycles. The zero-order valence-corrected chi connectivity index (χ0v) is 13.8. The summed E-state index contributed by atoms with van der Waals surface area (Å²) in [7, 11) is 3.27. The van der Waals surface area contributed by atoms with E-state index < -0.39 is 0 Å². The average molecular weight is 351 g/mol. The Balaban J connectivity index is 2.04. The lowest BCUT2D eigenvalue weighted by atomic mass is 10.1. The van der Waals surface area contributed by atoms with Crippen LogP contribution in [0.5, 0.6) is 5.75 Å². The number of ether oxygens (including phenoxy) is 3. The normalized spacial score (nSPS) is 10.9. The van der Waals surface area contributed by atoms with Crippen molar-refractivity contribution in [1.29, 1.82) is 0 Å². The molecule has 0 saturated carbocycles. The Kier molecular flexibility index (Phi) is 6.23. The van der Waals surface area contributed by atoms with Crippen LogP contribution in [0.3, 0.4) is 0 Å². The molecule has 0 spiro atoms. The van der Waals surface area contributed by atoms with Gasteiger partial charge in [0.25, 0.3) is 0 Å². The SMILES string of the molecule is COC(Cc1cc(OCc2ccccc2)ccc1Br)OC. The minimum atomic E-state index is -0.259. The van der Waals surface area contributed by atoms with Gasteiger partial charge in [0.15, 0.2) is 6.29 Å². The lowest BCUT2D eigenvalue weighted by Crippen LogP contribution is -2.16. The van der Waals surface area contributed by atoms with Crippen molar-refractivity contribution in [1.82, 2.24) is 0 Å². The van der Waals surface area contributed by atoms with Gasteiger partial charge in [-0.05, 0) is 29.3 Å². The summed E-state index contributed by atoms with van der Waals surface area (Å²) >= 11 is 3.55. The summed E-state index contributed by atoms with van der Waals surface area (Å²) in [5.74, 6) is 0.836. The Labute approximate surface area is 134 Å². The maximum atomic E-state index is 5.83. The van der Waals surface area contributed by atoms with Gasteiger partial charge in [-0.2, -0.15) is 0 Å². The number of benzene rings is 2. The summed E-state index contributed by atoms with van der Waals surface area (Å²) in [5, 5.41) is 0. The van der Waals surface area contributed by atoms with Crippen molar-refractivity contribution >= 4 is 15.9 Å². The van der Waals surface area contributed by atoms with Gasteiger partial charge in [0.1, 0.15) is 12.4 Å². The molecule has 21 heavy (non-hydrogen) atoms. The van der Waals surface area contributed by atoms with Gasteiger partial charge in [-0.25, -0.2) is 0 Å². The largest absolute Gasteiger partial charge is 0.489 e. The lowest BCUT2D eigenvalue weighted by molar-refractivity contribution is -0.100. The van der Waals surface area contributed by atoms with Gasteiger partial charge in [-0.3, -0.25) is 0 Å². The Morgan fingerprint density at radius 2 is 1.71 bits per heavy atom. The fraction of sp³-hybridized carbons (Fsp3) is 0.294.